The van der Waals surface area contributed by atoms with E-state index < -0.39 is 11.7 Å². The van der Waals surface area contributed by atoms with Gasteiger partial charge in [0.1, 0.15) is 0 Å². The molecule has 2 aromatic heterocycles. The Morgan fingerprint density at radius 1 is 1.33 bits per heavy atom. The van der Waals surface area contributed by atoms with Crippen LogP contribution in [-0.4, -0.2) is 14.8 Å². The van der Waals surface area contributed by atoms with Crippen molar-refractivity contribution in [2.45, 2.75) is 12.7 Å². The van der Waals surface area contributed by atoms with Crippen molar-refractivity contribution < 1.29 is 13.2 Å². The van der Waals surface area contributed by atoms with E-state index in [9.17, 15) is 13.2 Å². The number of rotatable bonds is 2. The molecule has 2 rings (SSSR count). The Morgan fingerprint density at radius 3 is 2.61 bits per heavy atom. The molecule has 2 N–H and O–H groups in total. The van der Waals surface area contributed by atoms with Crippen molar-refractivity contribution in [3.8, 4) is 5.69 Å². The van der Waals surface area contributed by atoms with Gasteiger partial charge in [-0.15, -0.1) is 0 Å². The van der Waals surface area contributed by atoms with Crippen molar-refractivity contribution in [1.29, 1.82) is 0 Å². The van der Waals surface area contributed by atoms with Gasteiger partial charge in [-0.25, -0.2) is 4.68 Å². The van der Waals surface area contributed by atoms with Crippen LogP contribution in [0.2, 0.25) is 0 Å². The highest BCUT2D eigenvalue weighted by atomic mass is 79.9. The molecule has 18 heavy (non-hydrogen) atoms. The Morgan fingerprint density at radius 2 is 2.06 bits per heavy atom. The van der Waals surface area contributed by atoms with Gasteiger partial charge in [0.2, 0.25) is 0 Å². The van der Waals surface area contributed by atoms with Gasteiger partial charge in [0.25, 0.3) is 0 Å². The zero-order valence-corrected chi connectivity index (χ0v) is 10.5. The molecule has 0 fully saturated rings. The first-order valence-electron chi connectivity index (χ1n) is 4.88. The summed E-state index contributed by atoms with van der Waals surface area (Å²) < 4.78 is 39.2. The number of halogens is 4. The molecule has 0 aromatic carbocycles. The normalized spacial score (nSPS) is 11.8. The van der Waals surface area contributed by atoms with Crippen LogP contribution in [0.4, 0.5) is 13.2 Å². The summed E-state index contributed by atoms with van der Waals surface area (Å²) in [6, 6.07) is 1.61. The monoisotopic (exact) mass is 320 g/mol. The van der Waals surface area contributed by atoms with Crippen LogP contribution < -0.4 is 5.73 Å². The highest BCUT2D eigenvalue weighted by Gasteiger charge is 2.32. The fourth-order valence-electron chi connectivity index (χ4n) is 1.41. The molecule has 0 bridgehead atoms. The van der Waals surface area contributed by atoms with E-state index in [1.54, 1.807) is 6.07 Å². The number of aromatic nitrogens is 3. The average Bonchev–Trinajstić information content (AvgIpc) is 2.77. The summed E-state index contributed by atoms with van der Waals surface area (Å²) in [5.74, 6) is 0. The van der Waals surface area contributed by atoms with Crippen molar-refractivity contribution in [2.75, 3.05) is 0 Å². The number of alkyl halides is 3. The first-order valence-corrected chi connectivity index (χ1v) is 5.68. The van der Waals surface area contributed by atoms with Crippen molar-refractivity contribution in [1.82, 2.24) is 14.8 Å². The predicted molar refractivity (Wildman–Crippen MR) is 62.0 cm³/mol. The number of hydrogen-bond donors (Lipinski definition) is 1. The summed E-state index contributed by atoms with van der Waals surface area (Å²) in [6.45, 7) is 0.115. The summed E-state index contributed by atoms with van der Waals surface area (Å²) in [5.41, 5.74) is 5.56. The molecule has 0 aliphatic heterocycles. The molecule has 0 aliphatic rings. The number of hydrogen-bond acceptors (Lipinski definition) is 3. The molecule has 0 atom stereocenters. The summed E-state index contributed by atoms with van der Waals surface area (Å²) in [7, 11) is 0. The highest BCUT2D eigenvalue weighted by molar-refractivity contribution is 9.10. The second-order valence-corrected chi connectivity index (χ2v) is 4.41. The van der Waals surface area contributed by atoms with Gasteiger partial charge in [0.15, 0.2) is 0 Å². The molecule has 96 valence electrons. The number of nitrogens with zero attached hydrogens (tertiary/aromatic N) is 3. The maximum Gasteiger partial charge on any atom is 0.419 e. The van der Waals surface area contributed by atoms with Crippen molar-refractivity contribution in [2.24, 2.45) is 5.73 Å². The molecule has 0 aliphatic carbocycles. The molecular formula is C10H8BrF3N4. The SMILES string of the molecule is NCc1ncc(Br)cc1-n1cc(C(F)(F)F)cn1. The van der Waals surface area contributed by atoms with E-state index in [2.05, 4.69) is 26.0 Å². The van der Waals surface area contributed by atoms with E-state index >= 15 is 0 Å². The van der Waals surface area contributed by atoms with E-state index in [-0.39, 0.29) is 6.54 Å². The van der Waals surface area contributed by atoms with Gasteiger partial charge in [-0.05, 0) is 22.0 Å². The third-order valence-corrected chi connectivity index (χ3v) is 2.70. The Labute approximate surface area is 109 Å². The van der Waals surface area contributed by atoms with Crippen LogP contribution in [0.15, 0.2) is 29.1 Å². The van der Waals surface area contributed by atoms with E-state index in [1.165, 1.54) is 6.20 Å². The minimum absolute atomic E-state index is 0.115. The number of pyridine rings is 1. The zero-order valence-electron chi connectivity index (χ0n) is 8.95. The largest absolute Gasteiger partial charge is 0.419 e. The lowest BCUT2D eigenvalue weighted by Gasteiger charge is -2.07. The molecule has 0 spiro atoms. The molecule has 0 unspecified atom stereocenters. The van der Waals surface area contributed by atoms with Gasteiger partial charge in [0, 0.05) is 23.4 Å². The van der Waals surface area contributed by atoms with Gasteiger partial charge in [-0.3, -0.25) is 4.98 Å². The summed E-state index contributed by atoms with van der Waals surface area (Å²) in [6.07, 6.45) is -1.22. The van der Waals surface area contributed by atoms with Crippen LogP contribution >= 0.6 is 15.9 Å². The molecule has 0 saturated heterocycles. The Balaban J connectivity index is 2.49. The van der Waals surface area contributed by atoms with Crippen LogP contribution in [0.5, 0.6) is 0 Å². The maximum absolute atomic E-state index is 12.5. The molecule has 0 amide bonds. The van der Waals surface area contributed by atoms with Gasteiger partial charge >= 0.3 is 6.18 Å². The van der Waals surface area contributed by atoms with Crippen LogP contribution in [0, 0.1) is 0 Å². The molecule has 0 saturated carbocycles. The first-order chi connectivity index (χ1) is 8.41. The summed E-state index contributed by atoms with van der Waals surface area (Å²) >= 11 is 3.20. The molecule has 0 radical (unpaired) electrons. The van der Waals surface area contributed by atoms with Crippen molar-refractivity contribution in [3.63, 3.8) is 0 Å². The molecule has 2 heterocycles. The third-order valence-electron chi connectivity index (χ3n) is 2.26. The fraction of sp³-hybridized carbons (Fsp3) is 0.200. The van der Waals surface area contributed by atoms with Gasteiger partial charge in [0.05, 0.1) is 23.1 Å². The summed E-state index contributed by atoms with van der Waals surface area (Å²) in [5, 5.41) is 3.68. The van der Waals surface area contributed by atoms with E-state index in [1.807, 2.05) is 0 Å². The van der Waals surface area contributed by atoms with Crippen LogP contribution in [0.3, 0.4) is 0 Å². The fourth-order valence-corrected chi connectivity index (χ4v) is 1.73. The van der Waals surface area contributed by atoms with Crippen molar-refractivity contribution in [3.05, 3.63) is 40.4 Å². The zero-order chi connectivity index (χ0) is 13.3. The van der Waals surface area contributed by atoms with E-state index in [4.69, 9.17) is 5.73 Å². The van der Waals surface area contributed by atoms with E-state index in [0.29, 0.717) is 15.9 Å². The Kier molecular flexibility index (Phi) is 3.40. The highest BCUT2D eigenvalue weighted by Crippen LogP contribution is 2.29. The van der Waals surface area contributed by atoms with Crippen molar-refractivity contribution >= 4 is 15.9 Å². The van der Waals surface area contributed by atoms with Gasteiger partial charge < -0.3 is 5.73 Å². The smallest absolute Gasteiger partial charge is 0.325 e. The standard InChI is InChI=1S/C10H8BrF3N4/c11-7-1-9(8(2-15)16-4-7)18-5-6(3-17-18)10(12,13)14/h1,3-5H,2,15H2. The Bertz CT molecular complexity index is 564. The second-order valence-electron chi connectivity index (χ2n) is 3.49. The predicted octanol–water partition coefficient (Wildman–Crippen LogP) is 2.51. The lowest BCUT2D eigenvalue weighted by Crippen LogP contribution is -2.08. The van der Waals surface area contributed by atoms with Crippen LogP contribution in [0.25, 0.3) is 5.69 Å². The van der Waals surface area contributed by atoms with Crippen LogP contribution in [0.1, 0.15) is 11.3 Å². The van der Waals surface area contributed by atoms with Gasteiger partial charge in [-0.1, -0.05) is 0 Å². The summed E-state index contributed by atoms with van der Waals surface area (Å²) in [4.78, 5) is 4.03. The maximum atomic E-state index is 12.5. The van der Waals surface area contributed by atoms with Crippen LogP contribution in [-0.2, 0) is 12.7 Å². The molecule has 8 heteroatoms. The number of nitrogens with two attached hydrogens (primary N) is 1. The van der Waals surface area contributed by atoms with E-state index in [0.717, 1.165) is 17.1 Å². The molecular weight excluding hydrogens is 313 g/mol. The minimum atomic E-state index is -4.42. The lowest BCUT2D eigenvalue weighted by atomic mass is 10.3. The molecule has 2 aromatic rings. The second kappa shape index (κ2) is 4.69. The average molecular weight is 321 g/mol. The molecule has 4 nitrogen and oxygen atoms in total. The third kappa shape index (κ3) is 2.54. The van der Waals surface area contributed by atoms with Gasteiger partial charge in [-0.2, -0.15) is 18.3 Å². The Hall–Kier alpha value is -1.41. The topological polar surface area (TPSA) is 56.7 Å². The minimum Gasteiger partial charge on any atom is -0.325 e. The lowest BCUT2D eigenvalue weighted by molar-refractivity contribution is -0.137. The quantitative estimate of drug-likeness (QED) is 0.925. The first kappa shape index (κ1) is 13.0.